The first-order valence-electron chi connectivity index (χ1n) is 3.36. The summed E-state index contributed by atoms with van der Waals surface area (Å²) in [6.07, 6.45) is -2.11. The van der Waals surface area contributed by atoms with Crippen LogP contribution in [-0.4, -0.2) is 5.11 Å². The van der Waals surface area contributed by atoms with Crippen molar-refractivity contribution in [3.05, 3.63) is 35.9 Å². The van der Waals surface area contributed by atoms with E-state index in [1.54, 1.807) is 18.2 Å². The highest BCUT2D eigenvalue weighted by Gasteiger charge is 2.01. The van der Waals surface area contributed by atoms with Crippen LogP contribution in [-0.2, 0) is 0 Å². The Labute approximate surface area is 60.8 Å². The molecule has 1 aromatic rings. The van der Waals surface area contributed by atoms with Gasteiger partial charge in [0.2, 0.25) is 0 Å². The van der Waals surface area contributed by atoms with Crippen LogP contribution in [0.25, 0.3) is 0 Å². The Morgan fingerprint density at radius 1 is 1.50 bits per heavy atom. The standard InChI is InChI=1S/C8H7NO/c9-6-8(10)7-4-2-1-3-5-7/h1-5,8,10H/t8-/m1/s1/i8D. The summed E-state index contributed by atoms with van der Waals surface area (Å²) in [5.41, 5.74) is 0.294. The molecule has 50 valence electrons. The van der Waals surface area contributed by atoms with Crippen LogP contribution in [0.1, 0.15) is 13.0 Å². The Morgan fingerprint density at radius 3 is 2.60 bits per heavy atom. The van der Waals surface area contributed by atoms with Crippen molar-refractivity contribution in [1.29, 1.82) is 5.26 Å². The van der Waals surface area contributed by atoms with Gasteiger partial charge in [0.05, 0.1) is 7.44 Å². The van der Waals surface area contributed by atoms with Crippen LogP contribution < -0.4 is 0 Å². The summed E-state index contributed by atoms with van der Waals surface area (Å²) >= 11 is 0. The van der Waals surface area contributed by atoms with Crippen LogP contribution in [0.4, 0.5) is 0 Å². The Morgan fingerprint density at radius 2 is 2.10 bits per heavy atom. The van der Waals surface area contributed by atoms with Gasteiger partial charge in [0.15, 0.2) is 6.08 Å². The first kappa shape index (κ1) is 5.45. The molecule has 1 rings (SSSR count). The molecule has 0 aliphatic carbocycles. The summed E-state index contributed by atoms with van der Waals surface area (Å²) in [5, 5.41) is 17.5. The molecular formula is C8H7NO. The maximum Gasteiger partial charge on any atom is 0.165 e. The minimum absolute atomic E-state index is 0.294. The fraction of sp³-hybridized carbons (Fsp3) is 0.125. The molecule has 0 unspecified atom stereocenters. The molecule has 0 saturated carbocycles. The van der Waals surface area contributed by atoms with Gasteiger partial charge in [0.25, 0.3) is 0 Å². The monoisotopic (exact) mass is 134 g/mol. The van der Waals surface area contributed by atoms with Gasteiger partial charge in [-0.2, -0.15) is 5.26 Å². The molecule has 1 atom stereocenters. The van der Waals surface area contributed by atoms with Gasteiger partial charge in [-0.15, -0.1) is 0 Å². The number of rotatable bonds is 1. The van der Waals surface area contributed by atoms with Crippen LogP contribution in [0, 0.1) is 11.3 Å². The second kappa shape index (κ2) is 3.00. The van der Waals surface area contributed by atoms with Crippen molar-refractivity contribution in [2.24, 2.45) is 0 Å². The molecule has 0 heterocycles. The Balaban J connectivity index is 3.05. The molecule has 0 fully saturated rings. The van der Waals surface area contributed by atoms with Gasteiger partial charge >= 0.3 is 0 Å². The number of nitrogens with zero attached hydrogens (tertiary/aromatic N) is 1. The molecule has 0 bridgehead atoms. The molecule has 2 nitrogen and oxygen atoms in total. The third-order valence-electron chi connectivity index (χ3n) is 1.15. The first-order chi connectivity index (χ1) is 5.17. The summed E-state index contributed by atoms with van der Waals surface area (Å²) in [4.78, 5) is 0. The van der Waals surface area contributed by atoms with Crippen LogP contribution >= 0.6 is 0 Å². The van der Waals surface area contributed by atoms with Crippen molar-refractivity contribution in [1.82, 2.24) is 0 Å². The highest BCUT2D eigenvalue weighted by atomic mass is 16.3. The lowest BCUT2D eigenvalue weighted by molar-refractivity contribution is 0.236. The minimum Gasteiger partial charge on any atom is -0.374 e. The highest BCUT2D eigenvalue weighted by molar-refractivity contribution is 5.21. The fourth-order valence-corrected chi connectivity index (χ4v) is 0.661. The van der Waals surface area contributed by atoms with Crippen molar-refractivity contribution in [3.63, 3.8) is 0 Å². The maximum absolute atomic E-state index is 9.10. The van der Waals surface area contributed by atoms with E-state index in [0.717, 1.165) is 0 Å². The molecule has 0 spiro atoms. The van der Waals surface area contributed by atoms with Crippen molar-refractivity contribution in [3.8, 4) is 6.07 Å². The molecule has 1 aromatic carbocycles. The summed E-state index contributed by atoms with van der Waals surface area (Å²) in [6, 6.07) is 9.66. The lowest BCUT2D eigenvalue weighted by Crippen LogP contribution is -1.90. The van der Waals surface area contributed by atoms with E-state index in [9.17, 15) is 0 Å². The first-order valence-corrected chi connectivity index (χ1v) is 2.86. The van der Waals surface area contributed by atoms with Crippen LogP contribution in [0.3, 0.4) is 0 Å². The Bertz CT molecular complexity index is 276. The molecule has 2 heteroatoms. The predicted molar refractivity (Wildman–Crippen MR) is 37.0 cm³/mol. The van der Waals surface area contributed by atoms with Crippen LogP contribution in [0.15, 0.2) is 30.3 Å². The second-order valence-electron chi connectivity index (χ2n) is 1.83. The third kappa shape index (κ3) is 1.34. The van der Waals surface area contributed by atoms with E-state index < -0.39 is 6.08 Å². The quantitative estimate of drug-likeness (QED) is 0.587. The van der Waals surface area contributed by atoms with Gasteiger partial charge in [0, 0.05) is 0 Å². The average Bonchev–Trinajstić information content (AvgIpc) is 2.06. The molecule has 0 aliphatic rings. The largest absolute Gasteiger partial charge is 0.374 e. The van der Waals surface area contributed by atoms with E-state index in [0.29, 0.717) is 5.56 Å². The summed E-state index contributed by atoms with van der Waals surface area (Å²) in [6.45, 7) is 0. The van der Waals surface area contributed by atoms with E-state index in [4.69, 9.17) is 11.7 Å². The number of hydrogen-bond acceptors (Lipinski definition) is 2. The summed E-state index contributed by atoms with van der Waals surface area (Å²) < 4.78 is 7.11. The zero-order valence-corrected chi connectivity index (χ0v) is 5.28. The Kier molecular flexibility index (Phi) is 1.63. The zero-order chi connectivity index (χ0) is 8.32. The summed E-state index contributed by atoms with van der Waals surface area (Å²) in [7, 11) is 0. The van der Waals surface area contributed by atoms with Crippen molar-refractivity contribution in [2.75, 3.05) is 0 Å². The van der Waals surface area contributed by atoms with Gasteiger partial charge in [0.1, 0.15) is 0 Å². The topological polar surface area (TPSA) is 44.0 Å². The molecule has 1 N–H and O–H groups in total. The lowest BCUT2D eigenvalue weighted by atomic mass is 10.1. The number of benzene rings is 1. The molecule has 0 aromatic heterocycles. The molecule has 0 aliphatic heterocycles. The minimum atomic E-state index is -2.11. The number of nitriles is 1. The van der Waals surface area contributed by atoms with Crippen LogP contribution in [0.5, 0.6) is 0 Å². The number of aliphatic hydroxyl groups is 1. The normalized spacial score (nSPS) is 16.6. The summed E-state index contributed by atoms with van der Waals surface area (Å²) in [5.74, 6) is 0. The van der Waals surface area contributed by atoms with Crippen LogP contribution in [0.2, 0.25) is 0 Å². The smallest absolute Gasteiger partial charge is 0.165 e. The highest BCUT2D eigenvalue weighted by Crippen LogP contribution is 2.09. The molecule has 0 radical (unpaired) electrons. The molecule has 10 heavy (non-hydrogen) atoms. The van der Waals surface area contributed by atoms with Crippen molar-refractivity contribution >= 4 is 0 Å². The van der Waals surface area contributed by atoms with Gasteiger partial charge in [-0.1, -0.05) is 30.3 Å². The van der Waals surface area contributed by atoms with E-state index in [2.05, 4.69) is 0 Å². The van der Waals surface area contributed by atoms with E-state index >= 15 is 0 Å². The Hall–Kier alpha value is -1.33. The van der Waals surface area contributed by atoms with Gasteiger partial charge in [-0.3, -0.25) is 0 Å². The number of hydrogen-bond donors (Lipinski definition) is 1. The molecular weight excluding hydrogens is 126 g/mol. The predicted octanol–water partition coefficient (Wildman–Crippen LogP) is 1.24. The fourth-order valence-electron chi connectivity index (χ4n) is 0.661. The molecule has 0 saturated heterocycles. The van der Waals surface area contributed by atoms with E-state index in [1.165, 1.54) is 18.2 Å². The second-order valence-corrected chi connectivity index (χ2v) is 1.83. The van der Waals surface area contributed by atoms with E-state index in [1.807, 2.05) is 0 Å². The van der Waals surface area contributed by atoms with Crippen molar-refractivity contribution < 1.29 is 6.48 Å². The maximum atomic E-state index is 9.10. The van der Waals surface area contributed by atoms with Gasteiger partial charge < -0.3 is 5.11 Å². The lowest BCUT2D eigenvalue weighted by Gasteiger charge is -1.98. The van der Waals surface area contributed by atoms with Gasteiger partial charge in [-0.05, 0) is 5.56 Å². The SMILES string of the molecule is [2H][C@@](O)(C#N)c1ccccc1. The third-order valence-corrected chi connectivity index (χ3v) is 1.15. The average molecular weight is 134 g/mol. The van der Waals surface area contributed by atoms with Crippen molar-refractivity contribution in [2.45, 2.75) is 6.08 Å². The van der Waals surface area contributed by atoms with Gasteiger partial charge in [-0.25, -0.2) is 0 Å². The molecule has 0 amide bonds. The van der Waals surface area contributed by atoms with E-state index in [-0.39, 0.29) is 0 Å². The zero-order valence-electron chi connectivity index (χ0n) is 6.28.